The minimum atomic E-state index is -3.66. The van der Waals surface area contributed by atoms with Crippen LogP contribution in [0, 0.1) is 0 Å². The number of aliphatic hydroxyl groups is 1. The zero-order valence-corrected chi connectivity index (χ0v) is 17.2. The molecule has 0 aliphatic rings. The van der Waals surface area contributed by atoms with Crippen LogP contribution in [0.25, 0.3) is 0 Å². The standard InChI is InChI=1S/C17H27ClN2O5S/c1-17(2,3)25-16(22)19-9-5-6-10-20(4)26(23,24)14-7-8-15(18)13(11-14)12-21/h7-8,11,21H,5-6,9-10,12H2,1-4H3,(H,19,22). The van der Waals surface area contributed by atoms with Gasteiger partial charge in [0.05, 0.1) is 11.5 Å². The van der Waals surface area contributed by atoms with Crippen molar-refractivity contribution in [3.05, 3.63) is 28.8 Å². The van der Waals surface area contributed by atoms with E-state index in [1.165, 1.54) is 29.6 Å². The van der Waals surface area contributed by atoms with E-state index in [1.807, 2.05) is 0 Å². The van der Waals surface area contributed by atoms with Crippen LogP contribution in [0.15, 0.2) is 23.1 Å². The van der Waals surface area contributed by atoms with Gasteiger partial charge in [-0.2, -0.15) is 0 Å². The molecule has 26 heavy (non-hydrogen) atoms. The molecule has 1 aromatic carbocycles. The summed E-state index contributed by atoms with van der Waals surface area (Å²) in [5.41, 5.74) is -0.188. The summed E-state index contributed by atoms with van der Waals surface area (Å²) in [4.78, 5) is 11.6. The molecule has 0 saturated carbocycles. The van der Waals surface area contributed by atoms with Crippen LogP contribution >= 0.6 is 11.6 Å². The predicted octanol–water partition coefficient (Wildman–Crippen LogP) is 2.76. The fourth-order valence-corrected chi connectivity index (χ4v) is 3.53. The first-order valence-electron chi connectivity index (χ1n) is 8.30. The summed E-state index contributed by atoms with van der Waals surface area (Å²) in [5, 5.41) is 12.2. The van der Waals surface area contributed by atoms with Gasteiger partial charge in [0.25, 0.3) is 0 Å². The van der Waals surface area contributed by atoms with Gasteiger partial charge in [0.1, 0.15) is 5.60 Å². The Morgan fingerprint density at radius 2 is 1.96 bits per heavy atom. The third kappa shape index (κ3) is 7.11. The predicted molar refractivity (Wildman–Crippen MR) is 101 cm³/mol. The maximum absolute atomic E-state index is 12.6. The van der Waals surface area contributed by atoms with E-state index in [9.17, 15) is 18.3 Å². The molecule has 0 heterocycles. The van der Waals surface area contributed by atoms with Gasteiger partial charge in [0.15, 0.2) is 0 Å². The summed E-state index contributed by atoms with van der Waals surface area (Å²) in [6, 6.07) is 4.24. The number of amides is 1. The van der Waals surface area contributed by atoms with Gasteiger partial charge in [-0.15, -0.1) is 0 Å². The van der Waals surface area contributed by atoms with Crippen molar-refractivity contribution in [3.63, 3.8) is 0 Å². The van der Waals surface area contributed by atoms with E-state index in [0.717, 1.165) is 0 Å². The van der Waals surface area contributed by atoms with Crippen molar-refractivity contribution in [1.29, 1.82) is 0 Å². The van der Waals surface area contributed by atoms with Crippen LogP contribution in [0.1, 0.15) is 39.2 Å². The number of nitrogens with zero attached hydrogens (tertiary/aromatic N) is 1. The molecular weight excluding hydrogens is 380 g/mol. The highest BCUT2D eigenvalue weighted by Crippen LogP contribution is 2.22. The molecule has 0 aliphatic heterocycles. The largest absolute Gasteiger partial charge is 0.444 e. The smallest absolute Gasteiger partial charge is 0.407 e. The Bertz CT molecular complexity index is 716. The molecule has 0 radical (unpaired) electrons. The number of hydrogen-bond donors (Lipinski definition) is 2. The molecule has 2 N–H and O–H groups in total. The lowest BCUT2D eigenvalue weighted by Gasteiger charge is -2.20. The van der Waals surface area contributed by atoms with Gasteiger partial charge < -0.3 is 15.2 Å². The highest BCUT2D eigenvalue weighted by atomic mass is 35.5. The normalized spacial score (nSPS) is 12.3. The average Bonchev–Trinajstić information content (AvgIpc) is 2.52. The van der Waals surface area contributed by atoms with Gasteiger partial charge in [-0.25, -0.2) is 17.5 Å². The number of unbranched alkanes of at least 4 members (excludes halogenated alkanes) is 1. The lowest BCUT2D eigenvalue weighted by molar-refractivity contribution is 0.0527. The minimum absolute atomic E-state index is 0.0836. The Morgan fingerprint density at radius 3 is 2.54 bits per heavy atom. The van der Waals surface area contributed by atoms with Crippen LogP contribution in [-0.4, -0.2) is 49.7 Å². The number of aliphatic hydroxyl groups excluding tert-OH is 1. The van der Waals surface area contributed by atoms with Crippen molar-refractivity contribution in [2.24, 2.45) is 0 Å². The highest BCUT2D eigenvalue weighted by molar-refractivity contribution is 7.89. The molecule has 1 aromatic rings. The van der Waals surface area contributed by atoms with E-state index in [1.54, 1.807) is 20.8 Å². The number of alkyl carbamates (subject to hydrolysis) is 1. The highest BCUT2D eigenvalue weighted by Gasteiger charge is 2.21. The van der Waals surface area contributed by atoms with Gasteiger partial charge in [-0.3, -0.25) is 0 Å². The quantitative estimate of drug-likeness (QED) is 0.647. The molecule has 0 aliphatic carbocycles. The van der Waals surface area contributed by atoms with Crippen LogP contribution in [0.2, 0.25) is 5.02 Å². The fourth-order valence-electron chi connectivity index (χ4n) is 2.10. The number of sulfonamides is 1. The van der Waals surface area contributed by atoms with Crippen molar-refractivity contribution in [1.82, 2.24) is 9.62 Å². The lowest BCUT2D eigenvalue weighted by Crippen LogP contribution is -2.33. The third-order valence-electron chi connectivity index (χ3n) is 3.46. The molecule has 0 bridgehead atoms. The molecular formula is C17H27ClN2O5S. The van der Waals surface area contributed by atoms with Gasteiger partial charge in [0.2, 0.25) is 10.0 Å². The van der Waals surface area contributed by atoms with Crippen molar-refractivity contribution in [3.8, 4) is 0 Å². The fraction of sp³-hybridized carbons (Fsp3) is 0.588. The molecule has 0 aromatic heterocycles. The van der Waals surface area contributed by atoms with Crippen molar-refractivity contribution >= 4 is 27.7 Å². The van der Waals surface area contributed by atoms with Gasteiger partial charge >= 0.3 is 6.09 Å². The van der Waals surface area contributed by atoms with Crippen molar-refractivity contribution in [2.45, 2.75) is 50.7 Å². The molecule has 0 unspecified atom stereocenters. The number of carbonyl (C=O) groups excluding carboxylic acids is 1. The molecule has 0 atom stereocenters. The van der Waals surface area contributed by atoms with Crippen LogP contribution in [0.3, 0.4) is 0 Å². The Hall–Kier alpha value is -1.35. The number of rotatable bonds is 8. The number of hydrogen-bond acceptors (Lipinski definition) is 5. The Morgan fingerprint density at radius 1 is 1.31 bits per heavy atom. The maximum Gasteiger partial charge on any atom is 0.407 e. The van der Waals surface area contributed by atoms with Crippen molar-refractivity contribution < 1.29 is 23.1 Å². The number of halogens is 1. The molecule has 0 spiro atoms. The van der Waals surface area contributed by atoms with E-state index in [-0.39, 0.29) is 11.5 Å². The second-order valence-corrected chi connectivity index (χ2v) is 9.33. The maximum atomic E-state index is 12.6. The summed E-state index contributed by atoms with van der Waals surface area (Å²) >= 11 is 5.90. The third-order valence-corrected chi connectivity index (χ3v) is 5.69. The monoisotopic (exact) mass is 406 g/mol. The first-order valence-corrected chi connectivity index (χ1v) is 10.1. The van der Waals surface area contributed by atoms with Gasteiger partial charge in [-0.05, 0) is 57.4 Å². The Labute approximate surface area is 160 Å². The topological polar surface area (TPSA) is 95.9 Å². The molecule has 7 nitrogen and oxygen atoms in total. The van der Waals surface area contributed by atoms with Gasteiger partial charge in [0, 0.05) is 25.2 Å². The van der Waals surface area contributed by atoms with Crippen LogP contribution in [-0.2, 0) is 21.4 Å². The summed E-state index contributed by atoms with van der Waals surface area (Å²) < 4.78 is 31.5. The average molecular weight is 407 g/mol. The van der Waals surface area contributed by atoms with Crippen LogP contribution in [0.4, 0.5) is 4.79 Å². The zero-order valence-electron chi connectivity index (χ0n) is 15.6. The first-order chi connectivity index (χ1) is 12.0. The number of benzene rings is 1. The Balaban J connectivity index is 2.49. The molecule has 1 amide bonds. The van der Waals surface area contributed by atoms with E-state index in [4.69, 9.17) is 16.3 Å². The van der Waals surface area contributed by atoms with E-state index < -0.39 is 21.7 Å². The molecule has 0 fully saturated rings. The minimum Gasteiger partial charge on any atom is -0.444 e. The second kappa shape index (κ2) is 9.55. The van der Waals surface area contributed by atoms with Crippen molar-refractivity contribution in [2.75, 3.05) is 20.1 Å². The van der Waals surface area contributed by atoms with Crippen LogP contribution in [0.5, 0.6) is 0 Å². The first kappa shape index (κ1) is 22.7. The summed E-state index contributed by atoms with van der Waals surface area (Å²) in [5.74, 6) is 0. The van der Waals surface area contributed by atoms with E-state index >= 15 is 0 Å². The lowest BCUT2D eigenvalue weighted by atomic mass is 10.2. The number of ether oxygens (including phenoxy) is 1. The molecule has 9 heteroatoms. The zero-order chi connectivity index (χ0) is 20.0. The van der Waals surface area contributed by atoms with Gasteiger partial charge in [-0.1, -0.05) is 11.6 Å². The Kier molecular flexibility index (Phi) is 8.33. The van der Waals surface area contributed by atoms with Crippen LogP contribution < -0.4 is 5.32 Å². The SMILES string of the molecule is CN(CCCCNC(=O)OC(C)(C)C)S(=O)(=O)c1ccc(Cl)c(CO)c1. The molecule has 1 rings (SSSR count). The summed E-state index contributed by atoms with van der Waals surface area (Å²) in [6.07, 6.45) is 0.698. The number of nitrogens with one attached hydrogen (secondary N) is 1. The summed E-state index contributed by atoms with van der Waals surface area (Å²) in [7, 11) is -2.17. The number of carbonyl (C=O) groups is 1. The summed E-state index contributed by atoms with van der Waals surface area (Å²) in [6.45, 7) is 5.72. The second-order valence-electron chi connectivity index (χ2n) is 6.87. The van der Waals surface area contributed by atoms with E-state index in [2.05, 4.69) is 5.32 Å². The van der Waals surface area contributed by atoms with E-state index in [0.29, 0.717) is 36.5 Å². The molecule has 148 valence electrons. The molecule has 0 saturated heterocycles.